The summed E-state index contributed by atoms with van der Waals surface area (Å²) in [4.78, 5) is 34.9. The van der Waals surface area contributed by atoms with Crippen molar-refractivity contribution in [3.8, 4) is 0 Å². The van der Waals surface area contributed by atoms with Crippen LogP contribution in [0, 0.1) is 0 Å². The van der Waals surface area contributed by atoms with Crippen molar-refractivity contribution >= 4 is 11.7 Å². The lowest BCUT2D eigenvalue weighted by atomic mass is 10.1. The Hall–Kier alpha value is -1.89. The summed E-state index contributed by atoms with van der Waals surface area (Å²) in [5.41, 5.74) is -0.182. The molecule has 1 amide bonds. The molecule has 1 unspecified atom stereocenters. The molecule has 0 bridgehead atoms. The highest BCUT2D eigenvalue weighted by molar-refractivity contribution is 5.85. The van der Waals surface area contributed by atoms with Crippen LogP contribution in [0.15, 0.2) is 10.9 Å². The van der Waals surface area contributed by atoms with Crippen molar-refractivity contribution < 1.29 is 4.79 Å². The number of nitrogens with one attached hydrogen (secondary N) is 2. The molecule has 0 spiro atoms. The third-order valence-corrected chi connectivity index (χ3v) is 3.56. The van der Waals surface area contributed by atoms with E-state index in [9.17, 15) is 9.59 Å². The van der Waals surface area contributed by atoms with Crippen molar-refractivity contribution in [2.45, 2.75) is 25.8 Å². The van der Waals surface area contributed by atoms with Crippen LogP contribution in [-0.4, -0.2) is 60.5 Å². The summed E-state index contributed by atoms with van der Waals surface area (Å²) < 4.78 is 0. The van der Waals surface area contributed by atoms with Crippen molar-refractivity contribution in [2.24, 2.45) is 0 Å². The van der Waals surface area contributed by atoms with Gasteiger partial charge in [0.15, 0.2) is 0 Å². The fraction of sp³-hybridized carbons (Fsp3) is 0.643. The lowest BCUT2D eigenvalue weighted by Gasteiger charge is -2.37. The minimum Gasteiger partial charge on any atom is -0.347 e. The number of aromatic amines is 1. The second kappa shape index (κ2) is 6.26. The molecule has 2 rings (SSSR count). The molecule has 0 aliphatic carbocycles. The van der Waals surface area contributed by atoms with Crippen LogP contribution < -0.4 is 15.8 Å². The van der Waals surface area contributed by atoms with Gasteiger partial charge in [-0.2, -0.15) is 0 Å². The van der Waals surface area contributed by atoms with E-state index in [0.717, 1.165) is 6.54 Å². The maximum absolute atomic E-state index is 12.3. The topological polar surface area (TPSA) is 81.3 Å². The molecule has 1 fully saturated rings. The van der Waals surface area contributed by atoms with Gasteiger partial charge >= 0.3 is 0 Å². The Balaban J connectivity index is 2.37. The van der Waals surface area contributed by atoms with Crippen LogP contribution in [-0.2, 0) is 4.79 Å². The second-order valence-corrected chi connectivity index (χ2v) is 5.79. The van der Waals surface area contributed by atoms with E-state index >= 15 is 0 Å². The van der Waals surface area contributed by atoms with Crippen molar-refractivity contribution in [1.82, 2.24) is 20.2 Å². The predicted molar refractivity (Wildman–Crippen MR) is 81.6 cm³/mol. The predicted octanol–water partition coefficient (Wildman–Crippen LogP) is -0.240. The molecule has 1 aromatic rings. The third kappa shape index (κ3) is 3.41. The van der Waals surface area contributed by atoms with E-state index in [1.54, 1.807) is 19.0 Å². The first-order valence-corrected chi connectivity index (χ1v) is 7.20. The zero-order chi connectivity index (χ0) is 15.6. The summed E-state index contributed by atoms with van der Waals surface area (Å²) in [6.45, 7) is 5.92. The molecule has 7 nitrogen and oxygen atoms in total. The average molecular weight is 293 g/mol. The molecule has 0 aromatic carbocycles. The van der Waals surface area contributed by atoms with Crippen LogP contribution in [0.25, 0.3) is 0 Å². The smallest absolute Gasteiger partial charge is 0.252 e. The quantitative estimate of drug-likeness (QED) is 0.804. The van der Waals surface area contributed by atoms with Crippen molar-refractivity contribution in [2.75, 3.05) is 38.6 Å². The Morgan fingerprint density at radius 1 is 1.48 bits per heavy atom. The van der Waals surface area contributed by atoms with Crippen LogP contribution in [0.3, 0.4) is 0 Å². The van der Waals surface area contributed by atoms with E-state index in [1.165, 1.54) is 6.07 Å². The summed E-state index contributed by atoms with van der Waals surface area (Å²) in [5.74, 6) is 1.36. The molecule has 1 aliphatic rings. The number of amides is 1. The van der Waals surface area contributed by atoms with Crippen molar-refractivity contribution in [1.29, 1.82) is 0 Å². The summed E-state index contributed by atoms with van der Waals surface area (Å²) >= 11 is 0. The van der Waals surface area contributed by atoms with Gasteiger partial charge in [-0.25, -0.2) is 4.98 Å². The number of carbonyl (C=O) groups excluding carboxylic acids is 1. The number of H-pyrrole nitrogens is 1. The number of hydrogen-bond donors (Lipinski definition) is 2. The highest BCUT2D eigenvalue weighted by atomic mass is 16.2. The van der Waals surface area contributed by atoms with Crippen molar-refractivity contribution in [3.63, 3.8) is 0 Å². The molecule has 0 saturated carbocycles. The zero-order valence-electron chi connectivity index (χ0n) is 13.0. The molecular weight excluding hydrogens is 270 g/mol. The second-order valence-electron chi connectivity index (χ2n) is 5.79. The van der Waals surface area contributed by atoms with Gasteiger partial charge < -0.3 is 20.1 Å². The summed E-state index contributed by atoms with van der Waals surface area (Å²) in [6.07, 6.45) is 0. The van der Waals surface area contributed by atoms with E-state index in [4.69, 9.17) is 0 Å². The molecular formula is C14H23N5O2. The maximum atomic E-state index is 12.3. The van der Waals surface area contributed by atoms with Gasteiger partial charge in [0.25, 0.3) is 5.56 Å². The Kier molecular flexibility index (Phi) is 4.62. The summed E-state index contributed by atoms with van der Waals surface area (Å²) in [7, 11) is 3.47. The number of aromatic nitrogens is 2. The van der Waals surface area contributed by atoms with Gasteiger partial charge in [-0.15, -0.1) is 0 Å². The van der Waals surface area contributed by atoms with E-state index < -0.39 is 0 Å². The first-order valence-electron chi connectivity index (χ1n) is 7.20. The van der Waals surface area contributed by atoms with Gasteiger partial charge in [0.05, 0.1) is 0 Å². The Morgan fingerprint density at radius 3 is 2.81 bits per heavy atom. The van der Waals surface area contributed by atoms with Crippen molar-refractivity contribution in [3.05, 3.63) is 22.2 Å². The Labute approximate surface area is 124 Å². The van der Waals surface area contributed by atoms with E-state index in [2.05, 4.69) is 15.3 Å². The summed E-state index contributed by atoms with van der Waals surface area (Å²) in [6, 6.07) is 1.13. The zero-order valence-corrected chi connectivity index (χ0v) is 13.0. The normalized spacial score (nSPS) is 18.9. The molecule has 2 N–H and O–H groups in total. The molecule has 1 aromatic heterocycles. The van der Waals surface area contributed by atoms with Crippen LogP contribution in [0.1, 0.15) is 25.6 Å². The molecule has 1 aliphatic heterocycles. The molecule has 1 saturated heterocycles. The molecule has 0 radical (unpaired) electrons. The molecule has 116 valence electrons. The number of carbonyl (C=O) groups is 1. The number of anilines is 1. The van der Waals surface area contributed by atoms with Crippen LogP contribution in [0.5, 0.6) is 0 Å². The Morgan fingerprint density at radius 2 is 2.19 bits per heavy atom. The molecule has 7 heteroatoms. The van der Waals surface area contributed by atoms with Gasteiger partial charge in [-0.3, -0.25) is 9.59 Å². The molecule has 21 heavy (non-hydrogen) atoms. The fourth-order valence-electron chi connectivity index (χ4n) is 2.38. The summed E-state index contributed by atoms with van der Waals surface area (Å²) in [5, 5.41) is 3.22. The average Bonchev–Trinajstić information content (AvgIpc) is 2.45. The van der Waals surface area contributed by atoms with Gasteiger partial charge in [0.1, 0.15) is 17.7 Å². The standard InChI is InChI=1S/C14H23N5O2/c1-9(2)13-16-11(7-12(20)17-13)19-6-5-15-8-10(19)14(21)18(3)4/h7,9-10,15H,5-6,8H2,1-4H3,(H,16,17,20). The number of hydrogen-bond acceptors (Lipinski definition) is 5. The first-order chi connectivity index (χ1) is 9.90. The SMILES string of the molecule is CC(C)c1nc(N2CCNCC2C(=O)N(C)C)cc(=O)[nH]1. The third-order valence-electron chi connectivity index (χ3n) is 3.56. The fourth-order valence-corrected chi connectivity index (χ4v) is 2.38. The minimum absolute atomic E-state index is 0.00961. The number of piperazine rings is 1. The van der Waals surface area contributed by atoms with Gasteiger partial charge in [-0.1, -0.05) is 13.8 Å². The molecule has 2 heterocycles. The van der Waals surface area contributed by atoms with E-state index in [1.807, 2.05) is 18.7 Å². The van der Waals surface area contributed by atoms with Gasteiger partial charge in [-0.05, 0) is 0 Å². The van der Waals surface area contributed by atoms with Crippen LogP contribution in [0.2, 0.25) is 0 Å². The van der Waals surface area contributed by atoms with Crippen LogP contribution in [0.4, 0.5) is 5.82 Å². The monoisotopic (exact) mass is 293 g/mol. The highest BCUT2D eigenvalue weighted by Gasteiger charge is 2.31. The molecule has 1 atom stereocenters. The minimum atomic E-state index is -0.330. The Bertz CT molecular complexity index is 567. The first kappa shape index (κ1) is 15.5. The lowest BCUT2D eigenvalue weighted by Crippen LogP contribution is -2.58. The number of likely N-dealkylation sites (N-methyl/N-ethyl adjacent to an activating group) is 1. The van der Waals surface area contributed by atoms with Gasteiger partial charge in [0, 0.05) is 45.7 Å². The number of rotatable bonds is 3. The number of nitrogens with zero attached hydrogens (tertiary/aromatic N) is 3. The maximum Gasteiger partial charge on any atom is 0.252 e. The van der Waals surface area contributed by atoms with Crippen LogP contribution >= 0.6 is 0 Å². The van der Waals surface area contributed by atoms with E-state index in [-0.39, 0.29) is 23.4 Å². The largest absolute Gasteiger partial charge is 0.347 e. The lowest BCUT2D eigenvalue weighted by molar-refractivity contribution is -0.130. The van der Waals surface area contributed by atoms with E-state index in [0.29, 0.717) is 24.7 Å². The van der Waals surface area contributed by atoms with Gasteiger partial charge in [0.2, 0.25) is 5.91 Å². The highest BCUT2D eigenvalue weighted by Crippen LogP contribution is 2.17.